The molecule has 0 atom stereocenters. The zero-order valence-electron chi connectivity index (χ0n) is 7.45. The number of nitriles is 1. The lowest BCUT2D eigenvalue weighted by Gasteiger charge is -2.06. The molecule has 0 unspecified atom stereocenters. The van der Waals surface area contributed by atoms with Crippen LogP contribution >= 0.6 is 0 Å². The molecule has 1 rings (SSSR count). The van der Waals surface area contributed by atoms with Crippen LogP contribution in [0.5, 0.6) is 5.75 Å². The summed E-state index contributed by atoms with van der Waals surface area (Å²) in [4.78, 5) is 4.19. The Labute approximate surface area is 77.0 Å². The van der Waals surface area contributed by atoms with E-state index >= 15 is 0 Å². The third-order valence-corrected chi connectivity index (χ3v) is 1.56. The summed E-state index contributed by atoms with van der Waals surface area (Å²) in [5, 5.41) is 8.32. The van der Waals surface area contributed by atoms with Crippen LogP contribution in [0.1, 0.15) is 11.4 Å². The van der Waals surface area contributed by atoms with E-state index in [4.69, 9.17) is 15.7 Å². The van der Waals surface area contributed by atoms with Gasteiger partial charge in [0.15, 0.2) is 6.61 Å². The summed E-state index contributed by atoms with van der Waals surface area (Å²) in [7, 11) is 0. The molecule has 0 aliphatic heterocycles. The van der Waals surface area contributed by atoms with Crippen LogP contribution < -0.4 is 10.5 Å². The molecule has 0 aromatic carbocycles. The van der Waals surface area contributed by atoms with Crippen molar-refractivity contribution in [2.24, 2.45) is 5.73 Å². The second-order valence-corrected chi connectivity index (χ2v) is 2.55. The summed E-state index contributed by atoms with van der Waals surface area (Å²) in [6.07, 6.45) is 0. The predicted molar refractivity (Wildman–Crippen MR) is 48.0 cm³/mol. The van der Waals surface area contributed by atoms with E-state index in [0.717, 1.165) is 5.69 Å². The van der Waals surface area contributed by atoms with Crippen molar-refractivity contribution in [1.82, 2.24) is 4.98 Å². The van der Waals surface area contributed by atoms with Crippen molar-refractivity contribution in [2.45, 2.75) is 13.5 Å². The van der Waals surface area contributed by atoms with Crippen LogP contribution in [-0.2, 0) is 6.54 Å². The number of rotatable bonds is 3. The molecule has 4 heteroatoms. The number of nitrogens with two attached hydrogens (primary N) is 1. The van der Waals surface area contributed by atoms with Gasteiger partial charge in [0.25, 0.3) is 0 Å². The highest BCUT2D eigenvalue weighted by atomic mass is 16.5. The SMILES string of the molecule is Cc1ccc(OCC#N)c(CN)n1. The zero-order chi connectivity index (χ0) is 9.68. The lowest BCUT2D eigenvalue weighted by molar-refractivity contribution is 0.361. The van der Waals surface area contributed by atoms with Crippen LogP contribution in [0.25, 0.3) is 0 Å². The molecule has 1 heterocycles. The van der Waals surface area contributed by atoms with Crippen LogP contribution in [0.3, 0.4) is 0 Å². The minimum atomic E-state index is 0.0255. The number of hydrogen-bond acceptors (Lipinski definition) is 4. The van der Waals surface area contributed by atoms with E-state index < -0.39 is 0 Å². The number of pyridine rings is 1. The molecule has 2 N–H and O–H groups in total. The average molecular weight is 177 g/mol. The van der Waals surface area contributed by atoms with Crippen LogP contribution in [-0.4, -0.2) is 11.6 Å². The molecule has 0 aliphatic carbocycles. The molecule has 0 spiro atoms. The molecule has 0 aliphatic rings. The Morgan fingerprint density at radius 2 is 2.38 bits per heavy atom. The molecule has 68 valence electrons. The standard InChI is InChI=1S/C9H11N3O/c1-7-2-3-9(13-5-4-10)8(6-11)12-7/h2-3H,5-6,11H2,1H3. The minimum absolute atomic E-state index is 0.0255. The van der Waals surface area contributed by atoms with E-state index in [-0.39, 0.29) is 6.61 Å². The first-order valence-electron chi connectivity index (χ1n) is 3.94. The van der Waals surface area contributed by atoms with Gasteiger partial charge >= 0.3 is 0 Å². The Hall–Kier alpha value is -1.60. The van der Waals surface area contributed by atoms with E-state index in [1.165, 1.54) is 0 Å². The maximum absolute atomic E-state index is 8.32. The van der Waals surface area contributed by atoms with E-state index in [2.05, 4.69) is 4.98 Å². The Kier molecular flexibility index (Phi) is 3.23. The third kappa shape index (κ3) is 2.42. The number of hydrogen-bond donors (Lipinski definition) is 1. The Morgan fingerprint density at radius 3 is 3.00 bits per heavy atom. The molecular formula is C9H11N3O. The fourth-order valence-electron chi connectivity index (χ4n) is 0.985. The summed E-state index contributed by atoms with van der Waals surface area (Å²) < 4.78 is 5.13. The van der Waals surface area contributed by atoms with Gasteiger partial charge in [-0.2, -0.15) is 5.26 Å². The Morgan fingerprint density at radius 1 is 1.62 bits per heavy atom. The van der Waals surface area contributed by atoms with Crippen LogP contribution in [0, 0.1) is 18.3 Å². The minimum Gasteiger partial charge on any atom is -0.477 e. The monoisotopic (exact) mass is 177 g/mol. The number of ether oxygens (including phenoxy) is 1. The lowest BCUT2D eigenvalue weighted by atomic mass is 10.3. The molecule has 4 nitrogen and oxygen atoms in total. The highest BCUT2D eigenvalue weighted by molar-refractivity contribution is 5.29. The normalized spacial score (nSPS) is 9.31. The summed E-state index contributed by atoms with van der Waals surface area (Å²) in [6, 6.07) is 5.50. The Bertz CT molecular complexity index is 330. The molecule has 0 radical (unpaired) electrons. The second kappa shape index (κ2) is 4.43. The van der Waals surface area contributed by atoms with E-state index in [1.807, 2.05) is 19.1 Å². The molecular weight excluding hydrogens is 166 g/mol. The van der Waals surface area contributed by atoms with Gasteiger partial charge in [0.1, 0.15) is 11.8 Å². The molecule has 0 bridgehead atoms. The number of aromatic nitrogens is 1. The molecule has 13 heavy (non-hydrogen) atoms. The van der Waals surface area contributed by atoms with Gasteiger partial charge in [-0.3, -0.25) is 4.98 Å². The summed E-state index contributed by atoms with van der Waals surface area (Å²) in [5.74, 6) is 0.592. The van der Waals surface area contributed by atoms with Crippen molar-refractivity contribution >= 4 is 0 Å². The van der Waals surface area contributed by atoms with Crippen molar-refractivity contribution in [1.29, 1.82) is 5.26 Å². The first kappa shape index (κ1) is 9.49. The van der Waals surface area contributed by atoms with Crippen LogP contribution in [0.15, 0.2) is 12.1 Å². The van der Waals surface area contributed by atoms with Gasteiger partial charge in [0, 0.05) is 12.2 Å². The average Bonchev–Trinajstić information content (AvgIpc) is 2.16. The van der Waals surface area contributed by atoms with Gasteiger partial charge in [-0.05, 0) is 19.1 Å². The van der Waals surface area contributed by atoms with Gasteiger partial charge < -0.3 is 10.5 Å². The van der Waals surface area contributed by atoms with Crippen molar-refractivity contribution in [3.05, 3.63) is 23.5 Å². The first-order valence-corrected chi connectivity index (χ1v) is 3.94. The fraction of sp³-hybridized carbons (Fsp3) is 0.333. The smallest absolute Gasteiger partial charge is 0.174 e. The predicted octanol–water partition coefficient (Wildman–Crippen LogP) is 0.751. The molecule has 0 saturated heterocycles. The molecule has 1 aromatic rings. The van der Waals surface area contributed by atoms with Gasteiger partial charge in [0.2, 0.25) is 0 Å². The van der Waals surface area contributed by atoms with Crippen molar-refractivity contribution in [3.63, 3.8) is 0 Å². The summed E-state index contributed by atoms with van der Waals surface area (Å²) in [6.45, 7) is 2.23. The van der Waals surface area contributed by atoms with E-state index in [9.17, 15) is 0 Å². The highest BCUT2D eigenvalue weighted by Gasteiger charge is 2.02. The van der Waals surface area contributed by atoms with Crippen LogP contribution in [0.4, 0.5) is 0 Å². The maximum atomic E-state index is 8.32. The van der Waals surface area contributed by atoms with Crippen molar-refractivity contribution < 1.29 is 4.74 Å². The zero-order valence-corrected chi connectivity index (χ0v) is 7.45. The fourth-order valence-corrected chi connectivity index (χ4v) is 0.985. The number of nitrogens with zero attached hydrogens (tertiary/aromatic N) is 2. The van der Waals surface area contributed by atoms with Gasteiger partial charge in [0.05, 0.1) is 5.69 Å². The Balaban J connectivity index is 2.87. The van der Waals surface area contributed by atoms with Crippen molar-refractivity contribution in [2.75, 3.05) is 6.61 Å². The lowest BCUT2D eigenvalue weighted by Crippen LogP contribution is -2.05. The van der Waals surface area contributed by atoms with Gasteiger partial charge in [-0.15, -0.1) is 0 Å². The first-order chi connectivity index (χ1) is 6.27. The van der Waals surface area contributed by atoms with Crippen LogP contribution in [0.2, 0.25) is 0 Å². The third-order valence-electron chi connectivity index (χ3n) is 1.56. The topological polar surface area (TPSA) is 71.9 Å². The van der Waals surface area contributed by atoms with E-state index in [0.29, 0.717) is 18.0 Å². The van der Waals surface area contributed by atoms with E-state index in [1.54, 1.807) is 6.07 Å². The summed E-state index contributed by atoms with van der Waals surface area (Å²) in [5.41, 5.74) is 7.05. The van der Waals surface area contributed by atoms with Gasteiger partial charge in [-0.25, -0.2) is 0 Å². The maximum Gasteiger partial charge on any atom is 0.174 e. The molecule has 1 aromatic heterocycles. The summed E-state index contributed by atoms with van der Waals surface area (Å²) >= 11 is 0. The second-order valence-electron chi connectivity index (χ2n) is 2.55. The molecule has 0 amide bonds. The molecule has 0 saturated carbocycles. The number of aryl methyl sites for hydroxylation is 1. The largest absolute Gasteiger partial charge is 0.477 e. The van der Waals surface area contributed by atoms with Gasteiger partial charge in [-0.1, -0.05) is 0 Å². The highest BCUT2D eigenvalue weighted by Crippen LogP contribution is 2.15. The quantitative estimate of drug-likeness (QED) is 0.739. The van der Waals surface area contributed by atoms with Crippen molar-refractivity contribution in [3.8, 4) is 11.8 Å². The molecule has 0 fully saturated rings.